The summed E-state index contributed by atoms with van der Waals surface area (Å²) in [6, 6.07) is -5.54. The third kappa shape index (κ3) is 14.7. The van der Waals surface area contributed by atoms with E-state index in [1.54, 1.807) is 0 Å². The number of guanidine groups is 2. The molecule has 210 valence electrons. The Hall–Kier alpha value is -4.19. The lowest BCUT2D eigenvalue weighted by Crippen LogP contribution is -2.58. The summed E-state index contributed by atoms with van der Waals surface area (Å²) in [4.78, 5) is 68.1. The van der Waals surface area contributed by atoms with Gasteiger partial charge < -0.3 is 60.6 Å². The maximum Gasteiger partial charge on any atom is 0.328 e. The first-order chi connectivity index (χ1) is 17.3. The topological polar surface area (TPSA) is 343 Å². The number of hydrogen-bond acceptors (Lipinski definition) is 9. The quantitative estimate of drug-likeness (QED) is 0.0447. The number of nitrogens with zero attached hydrogens (tertiary/aromatic N) is 2. The molecule has 37 heavy (non-hydrogen) atoms. The van der Waals surface area contributed by atoms with E-state index in [-0.39, 0.29) is 44.3 Å². The minimum atomic E-state index is -1.64. The van der Waals surface area contributed by atoms with Crippen LogP contribution in [0.1, 0.15) is 32.1 Å². The Balaban J connectivity index is 5.46. The summed E-state index contributed by atoms with van der Waals surface area (Å²) in [6.07, 6.45) is 0.0111. The molecule has 4 amide bonds. The highest BCUT2D eigenvalue weighted by molar-refractivity contribution is 5.96. The number of nitrogens with two attached hydrogens (primary N) is 6. The van der Waals surface area contributed by atoms with Gasteiger partial charge in [0, 0.05) is 13.1 Å². The molecule has 0 aliphatic heterocycles. The van der Waals surface area contributed by atoms with E-state index < -0.39 is 66.8 Å². The van der Waals surface area contributed by atoms with Gasteiger partial charge in [0.15, 0.2) is 11.9 Å². The molecule has 0 rings (SSSR count). The average molecular weight is 532 g/mol. The van der Waals surface area contributed by atoms with Gasteiger partial charge in [-0.15, -0.1) is 0 Å². The number of primary amides is 1. The highest BCUT2D eigenvalue weighted by Crippen LogP contribution is 2.04. The molecule has 4 atom stereocenters. The lowest BCUT2D eigenvalue weighted by molar-refractivity contribution is -0.143. The predicted molar refractivity (Wildman–Crippen MR) is 132 cm³/mol. The highest BCUT2D eigenvalue weighted by atomic mass is 16.4. The van der Waals surface area contributed by atoms with Crippen molar-refractivity contribution in [3.63, 3.8) is 0 Å². The van der Waals surface area contributed by atoms with Gasteiger partial charge in [-0.3, -0.25) is 29.2 Å². The summed E-state index contributed by atoms with van der Waals surface area (Å²) in [7, 11) is 0. The van der Waals surface area contributed by atoms with E-state index in [9.17, 15) is 24.0 Å². The van der Waals surface area contributed by atoms with Crippen LogP contribution in [-0.2, 0) is 24.0 Å². The van der Waals surface area contributed by atoms with Crippen LogP contribution >= 0.6 is 0 Å². The van der Waals surface area contributed by atoms with E-state index in [1.165, 1.54) is 0 Å². The highest BCUT2D eigenvalue weighted by Gasteiger charge is 2.30. The smallest absolute Gasteiger partial charge is 0.328 e. The molecule has 0 saturated heterocycles. The molecule has 0 radical (unpaired) electrons. The Labute approximate surface area is 212 Å². The van der Waals surface area contributed by atoms with E-state index in [4.69, 9.17) is 44.6 Å². The minimum Gasteiger partial charge on any atom is -0.480 e. The summed E-state index contributed by atoms with van der Waals surface area (Å²) in [6.45, 7) is -0.603. The number of aliphatic carboxylic acids is 1. The van der Waals surface area contributed by atoms with E-state index in [0.29, 0.717) is 6.42 Å². The van der Waals surface area contributed by atoms with E-state index in [2.05, 4.69) is 25.9 Å². The van der Waals surface area contributed by atoms with E-state index in [0.717, 1.165) is 0 Å². The molecule has 0 aliphatic rings. The lowest BCUT2D eigenvalue weighted by Gasteiger charge is -2.24. The number of carboxylic acid groups (broad SMARTS) is 1. The normalized spacial score (nSPS) is 13.7. The van der Waals surface area contributed by atoms with Crippen molar-refractivity contribution in [1.82, 2.24) is 16.0 Å². The molecule has 18 heteroatoms. The first kappa shape index (κ1) is 32.8. The second-order valence-corrected chi connectivity index (χ2v) is 7.88. The monoisotopic (exact) mass is 531 g/mol. The molecule has 0 aromatic carbocycles. The van der Waals surface area contributed by atoms with Gasteiger partial charge in [0.2, 0.25) is 23.6 Å². The van der Waals surface area contributed by atoms with Gasteiger partial charge in [0.25, 0.3) is 0 Å². The molecule has 17 N–H and O–H groups in total. The maximum atomic E-state index is 12.9. The van der Waals surface area contributed by atoms with Crippen molar-refractivity contribution < 1.29 is 34.2 Å². The van der Waals surface area contributed by atoms with Crippen LogP contribution in [0, 0.1) is 0 Å². The Morgan fingerprint density at radius 1 is 0.703 bits per heavy atom. The van der Waals surface area contributed by atoms with E-state index in [1.807, 2.05) is 0 Å². The van der Waals surface area contributed by atoms with Crippen molar-refractivity contribution in [2.24, 2.45) is 44.4 Å². The fourth-order valence-corrected chi connectivity index (χ4v) is 2.84. The van der Waals surface area contributed by atoms with Crippen LogP contribution in [0.15, 0.2) is 9.98 Å². The second-order valence-electron chi connectivity index (χ2n) is 7.88. The van der Waals surface area contributed by atoms with Crippen LogP contribution in [0.25, 0.3) is 0 Å². The second kappa shape index (κ2) is 17.3. The fraction of sp³-hybridized carbons (Fsp3) is 0.632. The van der Waals surface area contributed by atoms with Gasteiger partial charge in [-0.2, -0.15) is 0 Å². The number of hydrogen-bond donors (Lipinski definition) is 11. The van der Waals surface area contributed by atoms with Gasteiger partial charge in [-0.25, -0.2) is 4.79 Å². The molecule has 0 fully saturated rings. The molecule has 4 unspecified atom stereocenters. The zero-order valence-electron chi connectivity index (χ0n) is 20.3. The Morgan fingerprint density at radius 2 is 1.16 bits per heavy atom. The van der Waals surface area contributed by atoms with Gasteiger partial charge >= 0.3 is 5.97 Å². The molecule has 0 bridgehead atoms. The van der Waals surface area contributed by atoms with Crippen LogP contribution in [-0.4, -0.2) is 95.6 Å². The number of aliphatic hydroxyl groups is 1. The Kier molecular flexibility index (Phi) is 15.3. The number of carboxylic acids is 1. The van der Waals surface area contributed by atoms with Crippen molar-refractivity contribution in [2.45, 2.75) is 56.3 Å². The summed E-state index contributed by atoms with van der Waals surface area (Å²) in [5, 5.41) is 25.0. The molecule has 0 aliphatic carbocycles. The molecule has 0 aromatic rings. The standard InChI is InChI=1S/C19H37N11O7/c20-9(3-1-5-26-18(22)23)14(33)29-11(7-13(21)32)16(35)28-10(4-2-6-27-19(24)25)15(34)30-12(8-31)17(36)37/h9-12,31H,1-8,20H2,(H2,21,32)(H,28,35)(H,29,33)(H,30,34)(H,36,37)(H4,22,23,26)(H4,24,25,27). The molecule has 0 heterocycles. The molecular formula is C19H37N11O7. The zero-order chi connectivity index (χ0) is 28.5. The molecular weight excluding hydrogens is 494 g/mol. The van der Waals surface area contributed by atoms with Crippen molar-refractivity contribution in [1.29, 1.82) is 0 Å². The van der Waals surface area contributed by atoms with Crippen LogP contribution in [0.2, 0.25) is 0 Å². The van der Waals surface area contributed by atoms with Gasteiger partial charge in [-0.1, -0.05) is 0 Å². The van der Waals surface area contributed by atoms with Crippen LogP contribution in [0.4, 0.5) is 0 Å². The maximum absolute atomic E-state index is 12.9. The van der Waals surface area contributed by atoms with Crippen molar-refractivity contribution >= 4 is 41.5 Å². The number of aliphatic hydroxyl groups excluding tert-OH is 1. The number of amides is 4. The number of rotatable bonds is 18. The Morgan fingerprint density at radius 3 is 1.62 bits per heavy atom. The first-order valence-corrected chi connectivity index (χ1v) is 11.2. The molecule has 0 spiro atoms. The minimum absolute atomic E-state index is 0.0618. The van der Waals surface area contributed by atoms with Crippen LogP contribution in [0.3, 0.4) is 0 Å². The van der Waals surface area contributed by atoms with Crippen molar-refractivity contribution in [3.8, 4) is 0 Å². The largest absolute Gasteiger partial charge is 0.480 e. The van der Waals surface area contributed by atoms with Crippen molar-refractivity contribution in [2.75, 3.05) is 19.7 Å². The summed E-state index contributed by atoms with van der Waals surface area (Å²) < 4.78 is 0. The first-order valence-electron chi connectivity index (χ1n) is 11.2. The number of carbonyl (C=O) groups excluding carboxylic acids is 4. The molecule has 18 nitrogen and oxygen atoms in total. The number of aliphatic imine (C=N–C) groups is 2. The third-order valence-electron chi connectivity index (χ3n) is 4.72. The predicted octanol–water partition coefficient (Wildman–Crippen LogP) is -6.17. The third-order valence-corrected chi connectivity index (χ3v) is 4.72. The van der Waals surface area contributed by atoms with Crippen molar-refractivity contribution in [3.05, 3.63) is 0 Å². The Bertz CT molecular complexity index is 857. The zero-order valence-corrected chi connectivity index (χ0v) is 20.3. The fourth-order valence-electron chi connectivity index (χ4n) is 2.84. The lowest BCUT2D eigenvalue weighted by atomic mass is 10.1. The number of nitrogens with one attached hydrogen (secondary N) is 3. The molecule has 0 saturated carbocycles. The van der Waals surface area contributed by atoms with E-state index >= 15 is 0 Å². The number of carbonyl (C=O) groups is 5. The summed E-state index contributed by atoms with van der Waals surface area (Å²) in [5.41, 5.74) is 31.9. The van der Waals surface area contributed by atoms with Crippen LogP contribution < -0.4 is 50.4 Å². The van der Waals surface area contributed by atoms with Gasteiger partial charge in [0.1, 0.15) is 18.1 Å². The van der Waals surface area contributed by atoms with Gasteiger partial charge in [-0.05, 0) is 25.7 Å². The SMILES string of the molecule is NC(=O)CC(NC(=O)C(N)CCCN=C(N)N)C(=O)NC(CCCN=C(N)N)C(=O)NC(CO)C(=O)O. The summed E-state index contributed by atoms with van der Waals surface area (Å²) >= 11 is 0. The average Bonchev–Trinajstić information content (AvgIpc) is 2.80. The van der Waals surface area contributed by atoms with Gasteiger partial charge in [0.05, 0.1) is 19.1 Å². The van der Waals surface area contributed by atoms with Crippen LogP contribution in [0.5, 0.6) is 0 Å². The summed E-state index contributed by atoms with van der Waals surface area (Å²) in [5.74, 6) is -5.43. The molecule has 0 aromatic heterocycles.